The molecular weight excluding hydrogens is 294 g/mol. The second-order valence-corrected chi connectivity index (χ2v) is 5.96. The van der Waals surface area contributed by atoms with Gasteiger partial charge < -0.3 is 19.1 Å². The third kappa shape index (κ3) is 3.85. The number of rotatable bonds is 5. The Labute approximate surface area is 136 Å². The van der Waals surface area contributed by atoms with Crippen LogP contribution in [0.2, 0.25) is 0 Å². The van der Waals surface area contributed by atoms with Gasteiger partial charge in [0.05, 0.1) is 6.61 Å². The van der Waals surface area contributed by atoms with Crippen molar-refractivity contribution in [2.24, 2.45) is 5.92 Å². The molecule has 0 aromatic heterocycles. The van der Waals surface area contributed by atoms with Gasteiger partial charge in [-0.2, -0.15) is 0 Å². The van der Waals surface area contributed by atoms with Crippen molar-refractivity contribution < 1.29 is 19.0 Å². The lowest BCUT2D eigenvalue weighted by atomic mass is 9.97. The average molecular weight is 317 g/mol. The smallest absolute Gasteiger partial charge is 0.267 e. The van der Waals surface area contributed by atoms with Gasteiger partial charge >= 0.3 is 0 Å². The number of carbonyl (C=O) groups is 1. The van der Waals surface area contributed by atoms with Crippen molar-refractivity contribution in [3.8, 4) is 11.5 Å². The summed E-state index contributed by atoms with van der Waals surface area (Å²) in [6, 6.07) is 7.45. The van der Waals surface area contributed by atoms with Gasteiger partial charge in [0.2, 0.25) is 6.10 Å². The van der Waals surface area contributed by atoms with Gasteiger partial charge in [-0.15, -0.1) is 6.58 Å². The Morgan fingerprint density at radius 2 is 2.04 bits per heavy atom. The van der Waals surface area contributed by atoms with E-state index in [2.05, 4.69) is 6.58 Å². The van der Waals surface area contributed by atoms with Crippen LogP contribution in [0.25, 0.3) is 0 Å². The van der Waals surface area contributed by atoms with E-state index in [-0.39, 0.29) is 12.5 Å². The first-order valence-electron chi connectivity index (χ1n) is 8.14. The number of piperidine rings is 1. The van der Waals surface area contributed by atoms with Gasteiger partial charge in [0.25, 0.3) is 5.91 Å². The lowest BCUT2D eigenvalue weighted by Crippen LogP contribution is -2.49. The van der Waals surface area contributed by atoms with Crippen molar-refractivity contribution in [2.75, 3.05) is 32.9 Å². The average Bonchev–Trinajstić information content (AvgIpc) is 2.61. The topological polar surface area (TPSA) is 48.0 Å². The zero-order valence-corrected chi connectivity index (χ0v) is 13.3. The highest BCUT2D eigenvalue weighted by Gasteiger charge is 2.32. The largest absolute Gasteiger partial charge is 0.485 e. The van der Waals surface area contributed by atoms with Gasteiger partial charge in [-0.25, -0.2) is 0 Å². The predicted octanol–water partition coefficient (Wildman–Crippen LogP) is 2.27. The molecule has 0 aliphatic carbocycles. The minimum atomic E-state index is -0.543. The van der Waals surface area contributed by atoms with Crippen molar-refractivity contribution in [3.63, 3.8) is 0 Å². The van der Waals surface area contributed by atoms with E-state index in [0.717, 1.165) is 32.5 Å². The molecule has 0 bridgehead atoms. The lowest BCUT2D eigenvalue weighted by Gasteiger charge is -2.35. The first-order valence-corrected chi connectivity index (χ1v) is 8.14. The number of benzene rings is 1. The van der Waals surface area contributed by atoms with Crippen LogP contribution in [0.5, 0.6) is 11.5 Å². The summed E-state index contributed by atoms with van der Waals surface area (Å²) in [6.07, 6.45) is 3.15. The summed E-state index contributed by atoms with van der Waals surface area (Å²) in [4.78, 5) is 14.5. The minimum Gasteiger partial charge on any atom is -0.485 e. The number of hydrogen-bond acceptors (Lipinski definition) is 4. The molecule has 1 fully saturated rings. The van der Waals surface area contributed by atoms with Gasteiger partial charge in [0.1, 0.15) is 6.61 Å². The summed E-state index contributed by atoms with van der Waals surface area (Å²) >= 11 is 0. The van der Waals surface area contributed by atoms with E-state index in [1.165, 1.54) is 0 Å². The number of para-hydroxylation sites is 2. The number of hydrogen-bond donors (Lipinski definition) is 0. The highest BCUT2D eigenvalue weighted by atomic mass is 16.6. The molecule has 5 heteroatoms. The van der Waals surface area contributed by atoms with Crippen LogP contribution in [-0.2, 0) is 9.53 Å². The summed E-state index contributed by atoms with van der Waals surface area (Å²) < 4.78 is 16.9. The Morgan fingerprint density at radius 3 is 2.78 bits per heavy atom. The molecule has 3 rings (SSSR count). The van der Waals surface area contributed by atoms with Crippen LogP contribution < -0.4 is 9.47 Å². The maximum absolute atomic E-state index is 12.6. The quantitative estimate of drug-likeness (QED) is 0.617. The van der Waals surface area contributed by atoms with E-state index in [0.29, 0.717) is 24.0 Å². The SMILES string of the molecule is C=CCOCC1CCN(C(=O)C2COc3ccccc3O2)CC1. The Hall–Kier alpha value is -2.01. The third-order valence-electron chi connectivity index (χ3n) is 4.30. The van der Waals surface area contributed by atoms with E-state index in [4.69, 9.17) is 14.2 Å². The van der Waals surface area contributed by atoms with Gasteiger partial charge in [0, 0.05) is 19.7 Å². The number of ether oxygens (including phenoxy) is 3. The number of likely N-dealkylation sites (tertiary alicyclic amines) is 1. The van der Waals surface area contributed by atoms with Crippen LogP contribution in [0.4, 0.5) is 0 Å². The van der Waals surface area contributed by atoms with Gasteiger partial charge in [-0.3, -0.25) is 4.79 Å². The van der Waals surface area contributed by atoms with Crippen molar-refractivity contribution >= 4 is 5.91 Å². The zero-order valence-electron chi connectivity index (χ0n) is 13.3. The molecule has 0 spiro atoms. The molecule has 1 unspecified atom stereocenters. The Bertz CT molecular complexity index is 552. The van der Waals surface area contributed by atoms with Crippen molar-refractivity contribution in [2.45, 2.75) is 18.9 Å². The molecule has 0 radical (unpaired) electrons. The van der Waals surface area contributed by atoms with E-state index in [1.807, 2.05) is 29.2 Å². The molecule has 2 heterocycles. The summed E-state index contributed by atoms with van der Waals surface area (Å²) in [5, 5.41) is 0. The summed E-state index contributed by atoms with van der Waals surface area (Å²) in [5.41, 5.74) is 0. The fraction of sp³-hybridized carbons (Fsp3) is 0.500. The molecule has 1 aromatic carbocycles. The fourth-order valence-electron chi connectivity index (χ4n) is 2.98. The molecule has 1 atom stereocenters. The first kappa shape index (κ1) is 15.9. The van der Waals surface area contributed by atoms with Gasteiger partial charge in [-0.05, 0) is 30.9 Å². The molecule has 1 saturated heterocycles. The van der Waals surface area contributed by atoms with E-state index in [9.17, 15) is 4.79 Å². The van der Waals surface area contributed by atoms with Crippen LogP contribution in [0.1, 0.15) is 12.8 Å². The Kier molecular flexibility index (Phi) is 5.18. The third-order valence-corrected chi connectivity index (χ3v) is 4.30. The summed E-state index contributed by atoms with van der Waals surface area (Å²) in [6.45, 7) is 6.75. The number of amides is 1. The molecular formula is C18H23NO4. The second-order valence-electron chi connectivity index (χ2n) is 5.96. The van der Waals surface area contributed by atoms with Crippen LogP contribution in [0, 0.1) is 5.92 Å². The fourth-order valence-corrected chi connectivity index (χ4v) is 2.98. The number of nitrogens with zero attached hydrogens (tertiary/aromatic N) is 1. The predicted molar refractivity (Wildman–Crippen MR) is 86.7 cm³/mol. The molecule has 2 aliphatic rings. The van der Waals surface area contributed by atoms with Gasteiger partial charge in [0.15, 0.2) is 11.5 Å². The maximum Gasteiger partial charge on any atom is 0.267 e. The molecule has 5 nitrogen and oxygen atoms in total. The van der Waals surface area contributed by atoms with Crippen molar-refractivity contribution in [1.82, 2.24) is 4.90 Å². The van der Waals surface area contributed by atoms with Gasteiger partial charge in [-0.1, -0.05) is 18.2 Å². The molecule has 0 N–H and O–H groups in total. The second kappa shape index (κ2) is 7.51. The maximum atomic E-state index is 12.6. The first-order chi connectivity index (χ1) is 11.3. The van der Waals surface area contributed by atoms with Crippen LogP contribution in [0.15, 0.2) is 36.9 Å². The summed E-state index contributed by atoms with van der Waals surface area (Å²) in [5.74, 6) is 1.88. The molecule has 1 aromatic rings. The molecule has 23 heavy (non-hydrogen) atoms. The normalized spacial score (nSPS) is 21.0. The number of fused-ring (bicyclic) bond motifs is 1. The van der Waals surface area contributed by atoms with E-state index < -0.39 is 6.10 Å². The highest BCUT2D eigenvalue weighted by molar-refractivity contribution is 5.82. The molecule has 1 amide bonds. The van der Waals surface area contributed by atoms with E-state index >= 15 is 0 Å². The van der Waals surface area contributed by atoms with Crippen molar-refractivity contribution in [3.05, 3.63) is 36.9 Å². The number of carbonyl (C=O) groups excluding carboxylic acids is 1. The lowest BCUT2D eigenvalue weighted by molar-refractivity contribution is -0.142. The highest BCUT2D eigenvalue weighted by Crippen LogP contribution is 2.31. The molecule has 0 saturated carbocycles. The van der Waals surface area contributed by atoms with Crippen LogP contribution >= 0.6 is 0 Å². The Morgan fingerprint density at radius 1 is 1.30 bits per heavy atom. The minimum absolute atomic E-state index is 0.0185. The van der Waals surface area contributed by atoms with Crippen LogP contribution in [0.3, 0.4) is 0 Å². The van der Waals surface area contributed by atoms with Crippen LogP contribution in [-0.4, -0.2) is 49.8 Å². The summed E-state index contributed by atoms with van der Waals surface area (Å²) in [7, 11) is 0. The molecule has 2 aliphatic heterocycles. The van der Waals surface area contributed by atoms with Crippen molar-refractivity contribution in [1.29, 1.82) is 0 Å². The zero-order chi connectivity index (χ0) is 16.1. The molecule has 124 valence electrons. The monoisotopic (exact) mass is 317 g/mol. The standard InChI is InChI=1S/C18H23NO4/c1-2-11-21-12-14-7-9-19(10-8-14)18(20)17-13-22-15-5-3-4-6-16(15)23-17/h2-6,14,17H,1,7-13H2. The Balaban J connectivity index is 1.49. The van der Waals surface area contributed by atoms with E-state index in [1.54, 1.807) is 6.08 Å².